The second kappa shape index (κ2) is 5.45. The minimum Gasteiger partial charge on any atom is -0.481 e. The Balaban J connectivity index is 2.70. The zero-order chi connectivity index (χ0) is 11.3. The van der Waals surface area contributed by atoms with Crippen molar-refractivity contribution in [3.63, 3.8) is 0 Å². The fourth-order valence-electron chi connectivity index (χ4n) is 1.18. The Morgan fingerprint density at radius 3 is 2.80 bits per heavy atom. The molecule has 15 heavy (non-hydrogen) atoms. The Kier molecular flexibility index (Phi) is 4.23. The predicted molar refractivity (Wildman–Crippen MR) is 53.7 cm³/mol. The lowest BCUT2D eigenvalue weighted by Crippen LogP contribution is -2.12. The van der Waals surface area contributed by atoms with E-state index in [0.29, 0.717) is 5.01 Å². The van der Waals surface area contributed by atoms with Gasteiger partial charge in [-0.05, 0) is 0 Å². The fourth-order valence-corrected chi connectivity index (χ4v) is 1.92. The number of aliphatic carboxylic acids is 1. The average Bonchev–Trinajstić information content (AvgIpc) is 2.68. The van der Waals surface area contributed by atoms with Crippen LogP contribution >= 0.6 is 11.3 Å². The summed E-state index contributed by atoms with van der Waals surface area (Å²) in [5.41, 5.74) is 0. The lowest BCUT2D eigenvalue weighted by molar-refractivity contribution is -0.141. The molecule has 1 rings (SSSR count). The van der Waals surface area contributed by atoms with E-state index >= 15 is 0 Å². The van der Waals surface area contributed by atoms with Gasteiger partial charge in [-0.1, -0.05) is 0 Å². The smallest absolute Gasteiger partial charge is 0.306 e. The van der Waals surface area contributed by atoms with Gasteiger partial charge in [0.25, 0.3) is 0 Å². The van der Waals surface area contributed by atoms with E-state index in [1.54, 1.807) is 11.6 Å². The number of carbonyl (C=O) groups is 2. The number of hydrogen-bond donors (Lipinski definition) is 1. The van der Waals surface area contributed by atoms with Gasteiger partial charge in [0.15, 0.2) is 0 Å². The minimum absolute atomic E-state index is 0.0519. The first-order chi connectivity index (χ1) is 7.13. The lowest BCUT2D eigenvalue weighted by atomic mass is 10.0. The molecule has 0 saturated heterocycles. The van der Waals surface area contributed by atoms with Crippen molar-refractivity contribution in [2.75, 3.05) is 7.11 Å². The van der Waals surface area contributed by atoms with E-state index in [-0.39, 0.29) is 12.8 Å². The van der Waals surface area contributed by atoms with Crippen molar-refractivity contribution in [2.24, 2.45) is 0 Å². The zero-order valence-corrected chi connectivity index (χ0v) is 8.99. The first kappa shape index (κ1) is 11.6. The van der Waals surface area contributed by atoms with Gasteiger partial charge in [0.2, 0.25) is 0 Å². The van der Waals surface area contributed by atoms with Gasteiger partial charge in [-0.15, -0.1) is 11.3 Å². The molecule has 6 heteroatoms. The molecule has 0 radical (unpaired) electrons. The molecule has 0 aliphatic carbocycles. The van der Waals surface area contributed by atoms with Crippen LogP contribution in [-0.4, -0.2) is 29.1 Å². The SMILES string of the molecule is COC(=O)CC(CC(=O)O)c1nccs1. The minimum atomic E-state index is -0.945. The van der Waals surface area contributed by atoms with Crippen LogP contribution in [0.15, 0.2) is 11.6 Å². The van der Waals surface area contributed by atoms with Gasteiger partial charge in [0.1, 0.15) is 0 Å². The molecule has 0 aromatic carbocycles. The van der Waals surface area contributed by atoms with Gasteiger partial charge in [-0.25, -0.2) is 4.98 Å². The van der Waals surface area contributed by atoms with Crippen molar-refractivity contribution in [1.82, 2.24) is 4.98 Å². The maximum absolute atomic E-state index is 11.1. The molecule has 1 N–H and O–H groups in total. The Morgan fingerprint density at radius 2 is 2.33 bits per heavy atom. The normalized spacial score (nSPS) is 12.1. The standard InChI is InChI=1S/C9H11NO4S/c1-14-8(13)5-6(4-7(11)12)9-10-2-3-15-9/h2-3,6H,4-5H2,1H3,(H,11,12). The lowest BCUT2D eigenvalue weighted by Gasteiger charge is -2.09. The molecule has 0 amide bonds. The number of hydrogen-bond acceptors (Lipinski definition) is 5. The molecule has 1 aromatic heterocycles. The average molecular weight is 229 g/mol. The molecule has 0 aliphatic rings. The molecule has 0 saturated carbocycles. The van der Waals surface area contributed by atoms with E-state index in [4.69, 9.17) is 5.11 Å². The second-order valence-corrected chi connectivity index (χ2v) is 3.87. The molecule has 82 valence electrons. The molecular formula is C9H11NO4S. The molecule has 0 bridgehead atoms. The van der Waals surface area contributed by atoms with Gasteiger partial charge >= 0.3 is 11.9 Å². The van der Waals surface area contributed by atoms with Gasteiger partial charge in [0, 0.05) is 17.5 Å². The first-order valence-electron chi connectivity index (χ1n) is 4.31. The summed E-state index contributed by atoms with van der Waals surface area (Å²) in [6, 6.07) is 0. The van der Waals surface area contributed by atoms with Crippen LogP contribution in [-0.2, 0) is 14.3 Å². The van der Waals surface area contributed by atoms with Crippen LogP contribution < -0.4 is 0 Å². The molecule has 1 aromatic rings. The first-order valence-corrected chi connectivity index (χ1v) is 5.19. The van der Waals surface area contributed by atoms with Crippen molar-refractivity contribution < 1.29 is 19.4 Å². The summed E-state index contributed by atoms with van der Waals surface area (Å²) in [5.74, 6) is -1.76. The molecule has 0 fully saturated rings. The van der Waals surface area contributed by atoms with E-state index < -0.39 is 17.9 Å². The summed E-state index contributed by atoms with van der Waals surface area (Å²) in [6.07, 6.45) is 1.53. The fraction of sp³-hybridized carbons (Fsp3) is 0.444. The molecule has 1 heterocycles. The van der Waals surface area contributed by atoms with Crippen molar-refractivity contribution in [2.45, 2.75) is 18.8 Å². The topological polar surface area (TPSA) is 76.5 Å². The molecule has 0 aliphatic heterocycles. The highest BCUT2D eigenvalue weighted by atomic mass is 32.1. The Labute approximate surface area is 90.7 Å². The largest absolute Gasteiger partial charge is 0.481 e. The third-order valence-electron chi connectivity index (χ3n) is 1.86. The number of carbonyl (C=O) groups excluding carboxylic acids is 1. The Bertz CT molecular complexity index is 336. The van der Waals surface area contributed by atoms with Gasteiger partial charge < -0.3 is 9.84 Å². The van der Waals surface area contributed by atoms with Gasteiger partial charge in [-0.3, -0.25) is 9.59 Å². The van der Waals surface area contributed by atoms with Crippen molar-refractivity contribution in [3.8, 4) is 0 Å². The van der Waals surface area contributed by atoms with Crippen LogP contribution in [0.2, 0.25) is 0 Å². The van der Waals surface area contributed by atoms with Crippen LogP contribution in [0.5, 0.6) is 0 Å². The number of esters is 1. The van der Waals surface area contributed by atoms with Crippen molar-refractivity contribution >= 4 is 23.3 Å². The number of nitrogens with zero attached hydrogens (tertiary/aromatic N) is 1. The molecule has 0 spiro atoms. The van der Waals surface area contributed by atoms with E-state index in [0.717, 1.165) is 0 Å². The molecule has 5 nitrogen and oxygen atoms in total. The third kappa shape index (κ3) is 3.67. The van der Waals surface area contributed by atoms with E-state index in [1.165, 1.54) is 18.4 Å². The number of thiazole rings is 1. The summed E-state index contributed by atoms with van der Waals surface area (Å²) >= 11 is 1.34. The third-order valence-corrected chi connectivity index (χ3v) is 2.80. The van der Waals surface area contributed by atoms with Crippen LogP contribution in [0, 0.1) is 0 Å². The molecular weight excluding hydrogens is 218 g/mol. The van der Waals surface area contributed by atoms with E-state index in [2.05, 4.69) is 9.72 Å². The Hall–Kier alpha value is -1.43. The number of carboxylic acid groups (broad SMARTS) is 1. The van der Waals surface area contributed by atoms with Gasteiger partial charge in [-0.2, -0.15) is 0 Å². The van der Waals surface area contributed by atoms with Gasteiger partial charge in [0.05, 0.1) is 25.0 Å². The number of methoxy groups -OCH3 is 1. The molecule has 1 atom stereocenters. The number of carboxylic acids is 1. The highest BCUT2D eigenvalue weighted by Crippen LogP contribution is 2.25. The number of aromatic nitrogens is 1. The number of rotatable bonds is 5. The van der Waals surface area contributed by atoms with Crippen molar-refractivity contribution in [3.05, 3.63) is 16.6 Å². The van der Waals surface area contributed by atoms with E-state index in [9.17, 15) is 9.59 Å². The van der Waals surface area contributed by atoms with Crippen LogP contribution in [0.25, 0.3) is 0 Å². The summed E-state index contributed by atoms with van der Waals surface area (Å²) in [6.45, 7) is 0. The van der Waals surface area contributed by atoms with Crippen LogP contribution in [0.4, 0.5) is 0 Å². The maximum Gasteiger partial charge on any atom is 0.306 e. The highest BCUT2D eigenvalue weighted by Gasteiger charge is 2.21. The monoisotopic (exact) mass is 229 g/mol. The maximum atomic E-state index is 11.1. The quantitative estimate of drug-likeness (QED) is 0.769. The van der Waals surface area contributed by atoms with Crippen molar-refractivity contribution in [1.29, 1.82) is 0 Å². The Morgan fingerprint density at radius 1 is 1.60 bits per heavy atom. The highest BCUT2D eigenvalue weighted by molar-refractivity contribution is 7.09. The number of ether oxygens (including phenoxy) is 1. The molecule has 1 unspecified atom stereocenters. The summed E-state index contributed by atoms with van der Waals surface area (Å²) in [4.78, 5) is 25.7. The van der Waals surface area contributed by atoms with E-state index in [1.807, 2.05) is 0 Å². The summed E-state index contributed by atoms with van der Waals surface area (Å²) in [5, 5.41) is 11.1. The van der Waals surface area contributed by atoms with Crippen LogP contribution in [0.3, 0.4) is 0 Å². The summed E-state index contributed by atoms with van der Waals surface area (Å²) < 4.78 is 4.51. The second-order valence-electron chi connectivity index (χ2n) is 2.95. The van der Waals surface area contributed by atoms with Crippen LogP contribution in [0.1, 0.15) is 23.8 Å². The summed E-state index contributed by atoms with van der Waals surface area (Å²) in [7, 11) is 1.28. The predicted octanol–water partition coefficient (Wildman–Crippen LogP) is 1.26. The zero-order valence-electron chi connectivity index (χ0n) is 8.17.